The highest BCUT2D eigenvalue weighted by molar-refractivity contribution is 7.07. The minimum atomic E-state index is -0.739. The van der Waals surface area contributed by atoms with Gasteiger partial charge in [-0.1, -0.05) is 35.1 Å². The van der Waals surface area contributed by atoms with Gasteiger partial charge in [0.15, 0.2) is 4.80 Å². The Kier molecular flexibility index (Phi) is 6.83. The molecule has 1 aliphatic heterocycles. The number of carbonyl (C=O) groups excluding carboxylic acids is 1. The molecule has 0 N–H and O–H groups in total. The summed E-state index contributed by atoms with van der Waals surface area (Å²) in [6.07, 6.45) is 1.61. The number of thiazole rings is 1. The van der Waals surface area contributed by atoms with Crippen LogP contribution >= 0.6 is 22.9 Å². The largest absolute Gasteiger partial charge is 0.463 e. The van der Waals surface area contributed by atoms with E-state index in [1.54, 1.807) is 68.5 Å². The van der Waals surface area contributed by atoms with Gasteiger partial charge in [-0.15, -0.1) is 0 Å². The number of carbonyl (C=O) groups is 1. The van der Waals surface area contributed by atoms with Crippen molar-refractivity contribution >= 4 is 40.7 Å². The first-order chi connectivity index (χ1) is 18.3. The molecule has 2 aromatic carbocycles. The average Bonchev–Trinajstić information content (AvgIpc) is 3.48. The number of hydrogen-bond donors (Lipinski definition) is 0. The molecule has 192 valence electrons. The second-order valence-corrected chi connectivity index (χ2v) is 9.81. The van der Waals surface area contributed by atoms with E-state index >= 15 is 0 Å². The molecule has 1 atom stereocenters. The van der Waals surface area contributed by atoms with Crippen LogP contribution in [0.15, 0.2) is 86.1 Å². The summed E-state index contributed by atoms with van der Waals surface area (Å²) in [4.78, 5) is 42.0. The van der Waals surface area contributed by atoms with Crippen molar-refractivity contribution in [2.45, 2.75) is 19.9 Å². The van der Waals surface area contributed by atoms with Gasteiger partial charge in [0.1, 0.15) is 11.5 Å². The zero-order valence-electron chi connectivity index (χ0n) is 20.2. The summed E-state index contributed by atoms with van der Waals surface area (Å²) in [5, 5.41) is 11.4. The third-order valence-corrected chi connectivity index (χ3v) is 7.20. The molecule has 0 aliphatic carbocycles. The molecular weight excluding hydrogens is 530 g/mol. The number of esters is 1. The predicted molar refractivity (Wildman–Crippen MR) is 143 cm³/mol. The minimum Gasteiger partial charge on any atom is -0.463 e. The monoisotopic (exact) mass is 549 g/mol. The molecule has 0 bridgehead atoms. The van der Waals surface area contributed by atoms with Gasteiger partial charge in [-0.2, -0.15) is 0 Å². The van der Waals surface area contributed by atoms with Gasteiger partial charge in [-0.3, -0.25) is 19.5 Å². The van der Waals surface area contributed by atoms with Crippen molar-refractivity contribution < 1.29 is 18.9 Å². The van der Waals surface area contributed by atoms with E-state index < -0.39 is 16.9 Å². The Morgan fingerprint density at radius 1 is 1.18 bits per heavy atom. The fourth-order valence-electron chi connectivity index (χ4n) is 4.21. The number of rotatable bonds is 6. The van der Waals surface area contributed by atoms with E-state index in [2.05, 4.69) is 4.99 Å². The summed E-state index contributed by atoms with van der Waals surface area (Å²) in [5.74, 6) is 0.383. The van der Waals surface area contributed by atoms with Crippen LogP contribution in [0.5, 0.6) is 0 Å². The number of furan rings is 1. The summed E-state index contributed by atoms with van der Waals surface area (Å²) in [5.41, 5.74) is 1.75. The number of aromatic nitrogens is 1. The summed E-state index contributed by atoms with van der Waals surface area (Å²) in [6, 6.07) is 15.6. The van der Waals surface area contributed by atoms with E-state index in [1.807, 2.05) is 0 Å². The fourth-order valence-corrected chi connectivity index (χ4v) is 5.37. The number of hydrogen-bond acceptors (Lipinski definition) is 8. The van der Waals surface area contributed by atoms with Gasteiger partial charge < -0.3 is 9.15 Å². The molecule has 0 fully saturated rings. The Morgan fingerprint density at radius 3 is 2.55 bits per heavy atom. The quantitative estimate of drug-likeness (QED) is 0.197. The first-order valence-corrected chi connectivity index (χ1v) is 12.8. The van der Waals surface area contributed by atoms with Gasteiger partial charge in [0.05, 0.1) is 33.4 Å². The molecule has 9 nitrogen and oxygen atoms in total. The highest BCUT2D eigenvalue weighted by Crippen LogP contribution is 2.31. The van der Waals surface area contributed by atoms with Crippen LogP contribution in [0.1, 0.15) is 31.2 Å². The smallest absolute Gasteiger partial charge is 0.338 e. The highest BCUT2D eigenvalue weighted by Gasteiger charge is 2.33. The third-order valence-electron chi connectivity index (χ3n) is 5.97. The molecule has 0 radical (unpaired) electrons. The molecule has 0 amide bonds. The lowest BCUT2D eigenvalue weighted by atomic mass is 9.96. The standard InChI is InChI=1S/C27H20ClN3O6S/c1-3-36-26(33)23-15(2)29-27-30(24(23)17-4-8-18(28)9-5-17)25(32)22(38-27)14-20-12-13-21(37-20)16-6-10-19(11-7-16)31(34)35/h4-14,24H,3H2,1-2H3/b22-14+/t24-/m1/s1. The number of fused-ring (bicyclic) bond motifs is 1. The second kappa shape index (κ2) is 10.2. The lowest BCUT2D eigenvalue weighted by molar-refractivity contribution is -0.384. The van der Waals surface area contributed by atoms with E-state index in [0.29, 0.717) is 42.7 Å². The maximum absolute atomic E-state index is 13.7. The molecule has 1 aliphatic rings. The molecule has 0 spiro atoms. The fraction of sp³-hybridized carbons (Fsp3) is 0.148. The SMILES string of the molecule is CCOC(=O)C1=C(C)N=c2s/c(=C/c3ccc(-c4ccc([N+](=O)[O-])cc4)o3)c(=O)n2[C@@H]1c1ccc(Cl)cc1. The minimum absolute atomic E-state index is 0.0191. The van der Waals surface area contributed by atoms with E-state index in [-0.39, 0.29) is 23.4 Å². The van der Waals surface area contributed by atoms with Gasteiger partial charge >= 0.3 is 5.97 Å². The number of allylic oxidation sites excluding steroid dienone is 1. The van der Waals surface area contributed by atoms with Crippen LogP contribution in [0.4, 0.5) is 5.69 Å². The zero-order valence-corrected chi connectivity index (χ0v) is 21.8. The van der Waals surface area contributed by atoms with Crippen LogP contribution in [0, 0.1) is 10.1 Å². The highest BCUT2D eigenvalue weighted by atomic mass is 35.5. The maximum atomic E-state index is 13.7. The van der Waals surface area contributed by atoms with E-state index in [9.17, 15) is 19.7 Å². The Bertz CT molecular complexity index is 1760. The van der Waals surface area contributed by atoms with Crippen LogP contribution in [-0.4, -0.2) is 22.1 Å². The van der Waals surface area contributed by atoms with E-state index in [1.165, 1.54) is 28.0 Å². The summed E-state index contributed by atoms with van der Waals surface area (Å²) >= 11 is 7.27. The molecule has 38 heavy (non-hydrogen) atoms. The van der Waals surface area contributed by atoms with Crippen molar-refractivity contribution in [2.24, 2.45) is 4.99 Å². The third kappa shape index (κ3) is 4.71. The van der Waals surface area contributed by atoms with Crippen molar-refractivity contribution in [3.05, 3.63) is 118 Å². The average molecular weight is 550 g/mol. The van der Waals surface area contributed by atoms with Crippen molar-refractivity contribution in [3.8, 4) is 11.3 Å². The lowest BCUT2D eigenvalue weighted by Crippen LogP contribution is -2.39. The first kappa shape index (κ1) is 25.4. The molecule has 5 rings (SSSR count). The van der Waals surface area contributed by atoms with Crippen molar-refractivity contribution in [1.82, 2.24) is 4.57 Å². The Labute approximate surface area is 224 Å². The van der Waals surface area contributed by atoms with Gasteiger partial charge in [-0.05, 0) is 55.8 Å². The first-order valence-electron chi connectivity index (χ1n) is 11.6. The maximum Gasteiger partial charge on any atom is 0.338 e. The van der Waals surface area contributed by atoms with Crippen LogP contribution < -0.4 is 14.9 Å². The lowest BCUT2D eigenvalue weighted by Gasteiger charge is -2.24. The summed E-state index contributed by atoms with van der Waals surface area (Å²) in [6.45, 7) is 3.62. The van der Waals surface area contributed by atoms with Gasteiger partial charge in [-0.25, -0.2) is 9.79 Å². The molecule has 3 heterocycles. The van der Waals surface area contributed by atoms with Gasteiger partial charge in [0.2, 0.25) is 0 Å². The molecule has 2 aromatic heterocycles. The van der Waals surface area contributed by atoms with Crippen LogP contribution in [0.3, 0.4) is 0 Å². The molecular formula is C27H20ClN3O6S. The van der Waals surface area contributed by atoms with Gasteiger partial charge in [0, 0.05) is 28.8 Å². The number of non-ortho nitro benzene ring substituents is 1. The number of nitro groups is 1. The number of nitrogens with zero attached hydrogens (tertiary/aromatic N) is 3. The molecule has 0 saturated heterocycles. The molecule has 11 heteroatoms. The Hall–Kier alpha value is -4.28. The Morgan fingerprint density at radius 2 is 1.89 bits per heavy atom. The normalized spacial score (nSPS) is 15.2. The molecule has 4 aromatic rings. The van der Waals surface area contributed by atoms with E-state index in [0.717, 1.165) is 0 Å². The summed E-state index contributed by atoms with van der Waals surface area (Å²) in [7, 11) is 0. The Balaban J connectivity index is 1.59. The van der Waals surface area contributed by atoms with Crippen LogP contribution in [-0.2, 0) is 9.53 Å². The van der Waals surface area contributed by atoms with Crippen LogP contribution in [0.2, 0.25) is 5.02 Å². The topological polar surface area (TPSA) is 117 Å². The second-order valence-electron chi connectivity index (χ2n) is 8.36. The van der Waals surface area contributed by atoms with Crippen molar-refractivity contribution in [1.29, 1.82) is 0 Å². The van der Waals surface area contributed by atoms with Gasteiger partial charge in [0.25, 0.3) is 11.2 Å². The molecule has 0 saturated carbocycles. The number of ether oxygens (including phenoxy) is 1. The van der Waals surface area contributed by atoms with Crippen LogP contribution in [0.25, 0.3) is 17.4 Å². The number of nitro benzene ring substituents is 1. The number of halogens is 1. The van der Waals surface area contributed by atoms with Crippen molar-refractivity contribution in [2.75, 3.05) is 6.61 Å². The predicted octanol–water partition coefficient (Wildman–Crippen LogP) is 4.62. The molecule has 0 unspecified atom stereocenters. The van der Waals surface area contributed by atoms with Crippen molar-refractivity contribution in [3.63, 3.8) is 0 Å². The summed E-state index contributed by atoms with van der Waals surface area (Å²) < 4.78 is 13.0. The van der Waals surface area contributed by atoms with E-state index in [4.69, 9.17) is 20.8 Å². The zero-order chi connectivity index (χ0) is 27.0. The number of benzene rings is 2.